The minimum Gasteiger partial charge on any atom is -0.322 e. The van der Waals surface area contributed by atoms with Gasteiger partial charge in [0, 0.05) is 33.6 Å². The summed E-state index contributed by atoms with van der Waals surface area (Å²) in [5.41, 5.74) is 1.73. The summed E-state index contributed by atoms with van der Waals surface area (Å²) < 4.78 is 12.0. The van der Waals surface area contributed by atoms with Gasteiger partial charge >= 0.3 is 0 Å². The average molecular weight is 288 g/mol. The van der Waals surface area contributed by atoms with Gasteiger partial charge in [-0.1, -0.05) is 15.9 Å². The molecule has 0 spiro atoms. The molecule has 5 heteroatoms. The molecule has 0 N–H and O–H groups in total. The second-order valence-electron chi connectivity index (χ2n) is 3.51. The number of benzene rings is 1. The van der Waals surface area contributed by atoms with Crippen molar-refractivity contribution < 1.29 is 9.00 Å². The fraction of sp³-hybridized carbons (Fsp3) is 0.300. The Balaban J connectivity index is 2.29. The van der Waals surface area contributed by atoms with Crippen molar-refractivity contribution in [2.45, 2.75) is 6.54 Å². The first kappa shape index (κ1) is 10.8. The van der Waals surface area contributed by atoms with Gasteiger partial charge in [-0.25, -0.2) is 0 Å². The first-order valence-electron chi connectivity index (χ1n) is 4.45. The van der Waals surface area contributed by atoms with Gasteiger partial charge < -0.3 is 4.90 Å². The highest BCUT2D eigenvalue weighted by Gasteiger charge is 2.27. The molecule has 1 aromatic carbocycles. The highest BCUT2D eigenvalue weighted by Crippen LogP contribution is 2.25. The molecule has 0 saturated carbocycles. The first-order valence-corrected chi connectivity index (χ1v) is 6.97. The first-order chi connectivity index (χ1) is 7.08. The number of hydrogen-bond donors (Lipinski definition) is 0. The number of halogens is 1. The normalized spacial score (nSPS) is 16.7. The third kappa shape index (κ3) is 2.13. The van der Waals surface area contributed by atoms with Gasteiger partial charge in [-0.3, -0.25) is 9.00 Å². The van der Waals surface area contributed by atoms with E-state index in [0.29, 0.717) is 12.4 Å². The molecule has 1 atom stereocenters. The summed E-state index contributed by atoms with van der Waals surface area (Å²) in [6.45, 7) is 0.563. The minimum absolute atomic E-state index is 0.0206. The van der Waals surface area contributed by atoms with Crippen LogP contribution >= 0.6 is 15.9 Å². The van der Waals surface area contributed by atoms with Crippen LogP contribution < -0.4 is 0 Å². The molecule has 1 heterocycles. The van der Waals surface area contributed by atoms with Crippen molar-refractivity contribution in [2.24, 2.45) is 0 Å². The van der Waals surface area contributed by atoms with E-state index in [1.807, 2.05) is 12.1 Å². The number of rotatable bonds is 2. The summed E-state index contributed by atoms with van der Waals surface area (Å²) in [6.07, 6.45) is 1.60. The van der Waals surface area contributed by atoms with E-state index in [9.17, 15) is 9.00 Å². The van der Waals surface area contributed by atoms with Crippen LogP contribution in [0, 0.1) is 0 Å². The Labute approximate surface area is 99.0 Å². The lowest BCUT2D eigenvalue weighted by Gasteiger charge is -2.12. The van der Waals surface area contributed by atoms with Crippen molar-refractivity contribution >= 4 is 32.6 Å². The Bertz CT molecular complexity index is 447. The molecule has 1 amide bonds. The molecule has 0 aromatic heterocycles. The molecule has 0 bridgehead atoms. The van der Waals surface area contributed by atoms with Crippen LogP contribution in [0.25, 0.3) is 0 Å². The van der Waals surface area contributed by atoms with E-state index >= 15 is 0 Å². The van der Waals surface area contributed by atoms with Crippen molar-refractivity contribution in [3.05, 3.63) is 33.8 Å². The fourth-order valence-corrected chi connectivity index (χ4v) is 2.73. The topological polar surface area (TPSA) is 37.4 Å². The minimum atomic E-state index is -0.976. The maximum Gasteiger partial charge on any atom is 0.255 e. The lowest BCUT2D eigenvalue weighted by molar-refractivity contribution is 0.0806. The van der Waals surface area contributed by atoms with Crippen LogP contribution in [0.4, 0.5) is 0 Å². The fourth-order valence-electron chi connectivity index (χ4n) is 1.67. The molecule has 3 nitrogen and oxygen atoms in total. The van der Waals surface area contributed by atoms with Crippen LogP contribution in [-0.4, -0.2) is 27.1 Å². The van der Waals surface area contributed by atoms with E-state index < -0.39 is 10.8 Å². The Morgan fingerprint density at radius 3 is 2.93 bits per heavy atom. The maximum atomic E-state index is 11.8. The van der Waals surface area contributed by atoms with E-state index in [-0.39, 0.29) is 5.91 Å². The number of carbonyl (C=O) groups is 1. The summed E-state index contributed by atoms with van der Waals surface area (Å²) in [5, 5.41) is 0. The third-order valence-corrected chi connectivity index (χ3v) is 3.45. The predicted molar refractivity (Wildman–Crippen MR) is 62.9 cm³/mol. The van der Waals surface area contributed by atoms with Gasteiger partial charge in [0.1, 0.15) is 0 Å². The van der Waals surface area contributed by atoms with Crippen LogP contribution in [0.1, 0.15) is 15.9 Å². The zero-order valence-electron chi connectivity index (χ0n) is 8.20. The molecule has 0 radical (unpaired) electrons. The van der Waals surface area contributed by atoms with E-state index in [4.69, 9.17) is 0 Å². The molecule has 15 heavy (non-hydrogen) atoms. The standard InChI is InChI=1S/C10H10BrNO2S/c1-15(14)6-12-5-7-4-8(11)2-3-9(7)10(12)13/h2-4H,5-6H2,1H3. The number of hydrogen-bond acceptors (Lipinski definition) is 2. The van der Waals surface area contributed by atoms with E-state index in [0.717, 1.165) is 15.6 Å². The Kier molecular flexibility index (Phi) is 2.93. The highest BCUT2D eigenvalue weighted by atomic mass is 79.9. The van der Waals surface area contributed by atoms with Crippen molar-refractivity contribution in [2.75, 3.05) is 12.1 Å². The molecule has 0 saturated heterocycles. The molecule has 0 aliphatic carbocycles. The lowest BCUT2D eigenvalue weighted by atomic mass is 10.1. The zero-order chi connectivity index (χ0) is 11.0. The third-order valence-electron chi connectivity index (χ3n) is 2.28. The van der Waals surface area contributed by atoms with Crippen molar-refractivity contribution in [1.82, 2.24) is 4.90 Å². The average Bonchev–Trinajstić information content (AvgIpc) is 2.42. The Morgan fingerprint density at radius 2 is 2.27 bits per heavy atom. The molecular weight excluding hydrogens is 278 g/mol. The summed E-state index contributed by atoms with van der Waals surface area (Å²) in [4.78, 5) is 13.4. The number of amides is 1. The predicted octanol–water partition coefficient (Wildman–Crippen LogP) is 1.74. The summed E-state index contributed by atoms with van der Waals surface area (Å²) in [6, 6.07) is 5.59. The molecular formula is C10H10BrNO2S. The van der Waals surface area contributed by atoms with Gasteiger partial charge in [-0.05, 0) is 23.8 Å². The van der Waals surface area contributed by atoms with Gasteiger partial charge in [0.05, 0.1) is 5.88 Å². The van der Waals surface area contributed by atoms with Gasteiger partial charge in [-0.2, -0.15) is 0 Å². The van der Waals surface area contributed by atoms with Crippen molar-refractivity contribution in [3.63, 3.8) is 0 Å². The van der Waals surface area contributed by atoms with E-state index in [1.54, 1.807) is 17.2 Å². The quantitative estimate of drug-likeness (QED) is 0.831. The molecule has 0 fully saturated rings. The zero-order valence-corrected chi connectivity index (χ0v) is 10.6. The summed E-state index contributed by atoms with van der Waals surface area (Å²) in [5.74, 6) is 0.290. The van der Waals surface area contributed by atoms with Crippen LogP contribution in [0.5, 0.6) is 0 Å². The molecule has 1 aromatic rings. The van der Waals surface area contributed by atoms with Crippen LogP contribution in [0.15, 0.2) is 22.7 Å². The van der Waals surface area contributed by atoms with Crippen LogP contribution in [0.3, 0.4) is 0 Å². The second kappa shape index (κ2) is 4.06. The van der Waals surface area contributed by atoms with E-state index in [2.05, 4.69) is 15.9 Å². The largest absolute Gasteiger partial charge is 0.322 e. The Morgan fingerprint density at radius 1 is 1.53 bits per heavy atom. The van der Waals surface area contributed by atoms with Gasteiger partial charge in [0.25, 0.3) is 5.91 Å². The number of fused-ring (bicyclic) bond motifs is 1. The smallest absolute Gasteiger partial charge is 0.255 e. The number of carbonyl (C=O) groups excluding carboxylic acids is 1. The van der Waals surface area contributed by atoms with Crippen LogP contribution in [-0.2, 0) is 17.3 Å². The molecule has 2 rings (SSSR count). The number of nitrogens with zero attached hydrogens (tertiary/aromatic N) is 1. The van der Waals surface area contributed by atoms with Gasteiger partial charge in [0.2, 0.25) is 0 Å². The molecule has 1 aliphatic rings. The van der Waals surface area contributed by atoms with Gasteiger partial charge in [-0.15, -0.1) is 0 Å². The summed E-state index contributed by atoms with van der Waals surface area (Å²) in [7, 11) is -0.976. The maximum absolute atomic E-state index is 11.8. The van der Waals surface area contributed by atoms with Crippen molar-refractivity contribution in [3.8, 4) is 0 Å². The lowest BCUT2D eigenvalue weighted by Crippen LogP contribution is -2.27. The summed E-state index contributed by atoms with van der Waals surface area (Å²) >= 11 is 3.37. The monoisotopic (exact) mass is 287 g/mol. The molecule has 80 valence electrons. The Hall–Kier alpha value is -0.680. The van der Waals surface area contributed by atoms with Gasteiger partial charge in [0.15, 0.2) is 0 Å². The SMILES string of the molecule is CS(=O)CN1Cc2cc(Br)ccc2C1=O. The second-order valence-corrected chi connectivity index (χ2v) is 5.83. The molecule has 1 unspecified atom stereocenters. The molecule has 1 aliphatic heterocycles. The van der Waals surface area contributed by atoms with E-state index in [1.165, 1.54) is 0 Å². The van der Waals surface area contributed by atoms with Crippen LogP contribution in [0.2, 0.25) is 0 Å². The highest BCUT2D eigenvalue weighted by molar-refractivity contribution is 9.10. The van der Waals surface area contributed by atoms with Crippen molar-refractivity contribution in [1.29, 1.82) is 0 Å².